The van der Waals surface area contributed by atoms with Gasteiger partial charge in [0.05, 0.1) is 6.04 Å². The maximum absolute atomic E-state index is 12.4. The Morgan fingerprint density at radius 1 is 1.34 bits per heavy atom. The zero-order chi connectivity index (χ0) is 23.8. The third-order valence-electron chi connectivity index (χ3n) is 8.81. The number of carbonyl (C=O) groups is 1. The van der Waals surface area contributed by atoms with Crippen LogP contribution in [0.25, 0.3) is 0 Å². The molecule has 2 N–H and O–H groups in total. The Balaban J connectivity index is 1.99. The molecule has 0 radical (unpaired) electrons. The average molecular weight is 576 g/mol. The molecule has 2 fully saturated rings. The molecule has 3 rings (SSSR count). The van der Waals surface area contributed by atoms with Crippen LogP contribution in [0.4, 0.5) is 0 Å². The number of allylic oxidation sites excluding steroid dienone is 1. The topological polar surface area (TPSA) is 49.6 Å². The van der Waals surface area contributed by atoms with E-state index in [0.717, 1.165) is 36.7 Å². The molecule has 2 saturated carbocycles. The quantitative estimate of drug-likeness (QED) is 0.103. The standard InChI is InChI=1S/C26H43ClIN3O/c1-8-16(2)23(25(27)31(7)29)22(15-32)30(6)14-18-13-28-12-11-21-24(18)17(3)19-9-10-20(19)26(21,4)5/h13,15-17,19-22H,8-12,14,29H2,1-7H3/b25-23+. The zero-order valence-electron chi connectivity index (χ0n) is 21.0. The van der Waals surface area contributed by atoms with Gasteiger partial charge in [-0.25, -0.2) is 5.84 Å². The second-order valence-electron chi connectivity index (χ2n) is 10.9. The van der Waals surface area contributed by atoms with Crippen molar-refractivity contribution in [3.05, 3.63) is 21.9 Å². The highest BCUT2D eigenvalue weighted by Gasteiger charge is 2.54. The Labute approximate surface area is 210 Å². The summed E-state index contributed by atoms with van der Waals surface area (Å²) >= 11 is 6.70. The summed E-state index contributed by atoms with van der Waals surface area (Å²) in [5.74, 6) is 9.23. The van der Waals surface area contributed by atoms with Crippen molar-refractivity contribution < 1.29 is 4.79 Å². The number of nitrogens with two attached hydrogens (primary N) is 1. The van der Waals surface area contributed by atoms with E-state index in [1.807, 2.05) is 0 Å². The minimum Gasteiger partial charge on any atom is -0.304 e. The lowest BCUT2D eigenvalue weighted by molar-refractivity contribution is -0.111. The minimum absolute atomic E-state index is 0.0623. The molecule has 2 aliphatic carbocycles. The van der Waals surface area contributed by atoms with Crippen molar-refractivity contribution in [1.29, 1.82) is 0 Å². The van der Waals surface area contributed by atoms with E-state index in [1.54, 1.807) is 12.6 Å². The first-order valence-corrected chi connectivity index (χ1v) is 15.4. The lowest BCUT2D eigenvalue weighted by Crippen LogP contribution is -2.52. The number of alkyl halides is 1. The van der Waals surface area contributed by atoms with Crippen LogP contribution in [0.3, 0.4) is 0 Å². The second kappa shape index (κ2) is 10.6. The molecule has 3 aliphatic rings. The third-order valence-corrected chi connectivity index (χ3v) is 11.7. The van der Waals surface area contributed by atoms with Gasteiger partial charge in [0.25, 0.3) is 0 Å². The fourth-order valence-corrected chi connectivity index (χ4v) is 9.31. The van der Waals surface area contributed by atoms with Crippen LogP contribution in [0.5, 0.6) is 0 Å². The molecule has 1 heterocycles. The predicted molar refractivity (Wildman–Crippen MR) is 146 cm³/mol. The molecular formula is C26H43ClIN3O. The number of fused-ring (bicyclic) bond motifs is 2. The smallest absolute Gasteiger partial charge is 0.141 e. The largest absolute Gasteiger partial charge is 0.304 e. The van der Waals surface area contributed by atoms with Crippen LogP contribution in [-0.4, -0.2) is 51.3 Å². The summed E-state index contributed by atoms with van der Waals surface area (Å²) in [6, 6.07) is -0.367. The minimum atomic E-state index is -0.367. The van der Waals surface area contributed by atoms with Crippen LogP contribution < -0.4 is 5.84 Å². The van der Waals surface area contributed by atoms with Crippen LogP contribution in [-0.2, 0) is 4.79 Å². The first-order chi connectivity index (χ1) is 15.1. The van der Waals surface area contributed by atoms with E-state index >= 15 is 0 Å². The Hall–Kier alpha value is -0.240. The van der Waals surface area contributed by atoms with Crippen molar-refractivity contribution in [3.8, 4) is 0 Å². The van der Waals surface area contributed by atoms with Gasteiger partial charge in [-0.3, -0.25) is 4.90 Å². The molecule has 0 aromatic heterocycles. The van der Waals surface area contributed by atoms with Gasteiger partial charge in [-0.2, -0.15) is 0 Å². The molecule has 0 spiro atoms. The summed E-state index contributed by atoms with van der Waals surface area (Å²) in [4.78, 5) is 14.6. The number of aldehydes is 1. The Morgan fingerprint density at radius 2 is 2.03 bits per heavy atom. The zero-order valence-corrected chi connectivity index (χ0v) is 23.9. The molecule has 6 heteroatoms. The van der Waals surface area contributed by atoms with Crippen LogP contribution in [0.1, 0.15) is 60.3 Å². The molecule has 0 aromatic carbocycles. The number of nitrogens with zero attached hydrogens (tertiary/aromatic N) is 2. The number of hydrogen-bond acceptors (Lipinski definition) is 4. The molecule has 0 aromatic rings. The highest BCUT2D eigenvalue weighted by atomic mass is 127. The van der Waals surface area contributed by atoms with Crippen LogP contribution in [0.2, 0.25) is 0 Å². The molecule has 0 bridgehead atoms. The molecule has 6 unspecified atom stereocenters. The Bertz CT molecular complexity index is 803. The number of hydrazine groups is 1. The SMILES string of the molecule is CCC(C)/C(=C(/Cl)N(C)N)C(C=O)N(C)CC1=C2C(C)C3CCC3C(C)(C)C2CCI=C1. The monoisotopic (exact) mass is 575 g/mol. The van der Waals surface area contributed by atoms with E-state index in [4.69, 9.17) is 17.4 Å². The molecule has 6 atom stereocenters. The maximum atomic E-state index is 12.4. The first-order valence-electron chi connectivity index (χ1n) is 12.2. The highest BCUT2D eigenvalue weighted by Crippen LogP contribution is 2.62. The lowest BCUT2D eigenvalue weighted by Gasteiger charge is -2.59. The highest BCUT2D eigenvalue weighted by molar-refractivity contribution is 14.2. The summed E-state index contributed by atoms with van der Waals surface area (Å²) in [5, 5.41) is 1.93. The number of carbonyl (C=O) groups excluding carboxylic acids is 1. The average Bonchev–Trinajstić information content (AvgIpc) is 2.91. The van der Waals surface area contributed by atoms with Crippen LogP contribution in [0.15, 0.2) is 21.9 Å². The molecule has 4 nitrogen and oxygen atoms in total. The second-order valence-corrected chi connectivity index (χ2v) is 13.8. The van der Waals surface area contributed by atoms with Gasteiger partial charge >= 0.3 is 0 Å². The molecule has 182 valence electrons. The summed E-state index contributed by atoms with van der Waals surface area (Å²) in [6.45, 7) is 12.6. The van der Waals surface area contributed by atoms with Crippen molar-refractivity contribution in [2.45, 2.75) is 66.3 Å². The van der Waals surface area contributed by atoms with Gasteiger partial charge in [0.15, 0.2) is 0 Å². The van der Waals surface area contributed by atoms with E-state index in [2.05, 4.69) is 50.6 Å². The normalized spacial score (nSPS) is 31.9. The maximum Gasteiger partial charge on any atom is 0.141 e. The summed E-state index contributed by atoms with van der Waals surface area (Å²) in [7, 11) is 3.82. The number of likely N-dealkylation sites (N-methyl/N-ethyl adjacent to an activating group) is 1. The van der Waals surface area contributed by atoms with Gasteiger partial charge in [-0.05, 0) is 87.3 Å². The fraction of sp³-hybridized carbons (Fsp3) is 0.769. The van der Waals surface area contributed by atoms with Crippen LogP contribution >= 0.6 is 32.3 Å². The van der Waals surface area contributed by atoms with Crippen molar-refractivity contribution in [2.75, 3.05) is 25.1 Å². The fourth-order valence-electron chi connectivity index (χ4n) is 6.63. The van der Waals surface area contributed by atoms with Gasteiger partial charge in [0, 0.05) is 13.6 Å². The number of rotatable bonds is 8. The van der Waals surface area contributed by atoms with E-state index in [1.165, 1.54) is 34.3 Å². The van der Waals surface area contributed by atoms with Gasteiger partial charge < -0.3 is 9.80 Å². The van der Waals surface area contributed by atoms with Crippen molar-refractivity contribution in [1.82, 2.24) is 9.91 Å². The number of halogens is 2. The first kappa shape index (κ1) is 26.4. The molecule has 0 amide bonds. The Morgan fingerprint density at radius 3 is 2.56 bits per heavy atom. The third kappa shape index (κ3) is 4.78. The molecule has 0 saturated heterocycles. The summed E-state index contributed by atoms with van der Waals surface area (Å²) < 4.78 is 3.95. The number of hydrogen-bond donors (Lipinski definition) is 1. The van der Waals surface area contributed by atoms with Gasteiger partial charge in [0.1, 0.15) is 11.4 Å². The van der Waals surface area contributed by atoms with Crippen molar-refractivity contribution in [2.24, 2.45) is 40.8 Å². The van der Waals surface area contributed by atoms with Gasteiger partial charge in [-0.15, -0.1) is 20.7 Å². The van der Waals surface area contributed by atoms with Crippen LogP contribution in [0, 0.1) is 35.0 Å². The Kier molecular flexibility index (Phi) is 8.71. The summed E-state index contributed by atoms with van der Waals surface area (Å²) in [5.41, 5.74) is 4.54. The van der Waals surface area contributed by atoms with Gasteiger partial charge in [0.2, 0.25) is 0 Å². The molecule has 1 aliphatic heterocycles. The van der Waals surface area contributed by atoms with E-state index < -0.39 is 0 Å². The lowest BCUT2D eigenvalue weighted by atomic mass is 9.45. The van der Waals surface area contributed by atoms with Crippen molar-refractivity contribution in [3.63, 3.8) is 0 Å². The summed E-state index contributed by atoms with van der Waals surface area (Å²) in [6.07, 6.45) is 6.09. The van der Waals surface area contributed by atoms with Crippen molar-refractivity contribution >= 4 is 42.6 Å². The van der Waals surface area contributed by atoms with E-state index in [9.17, 15) is 4.79 Å². The van der Waals surface area contributed by atoms with E-state index in [-0.39, 0.29) is 32.7 Å². The molecule has 32 heavy (non-hydrogen) atoms. The molecular weight excluding hydrogens is 533 g/mol. The van der Waals surface area contributed by atoms with Gasteiger partial charge in [-0.1, -0.05) is 51.8 Å². The predicted octanol–water partition coefficient (Wildman–Crippen LogP) is 5.58. The van der Waals surface area contributed by atoms with E-state index in [0.29, 0.717) is 22.4 Å².